The van der Waals surface area contributed by atoms with Gasteiger partial charge in [-0.25, -0.2) is 0 Å². The molecule has 1 saturated carbocycles. The molecule has 148 valence electrons. The van der Waals surface area contributed by atoms with Gasteiger partial charge in [0.05, 0.1) is 10.8 Å². The Hall–Kier alpha value is -2.37. The summed E-state index contributed by atoms with van der Waals surface area (Å²) in [6.45, 7) is 5.29. The molecule has 0 radical (unpaired) electrons. The third kappa shape index (κ3) is 4.31. The second-order valence-corrected chi connectivity index (χ2v) is 8.78. The van der Waals surface area contributed by atoms with Crippen LogP contribution in [0.2, 0.25) is 0 Å². The van der Waals surface area contributed by atoms with E-state index in [9.17, 15) is 24.6 Å². The van der Waals surface area contributed by atoms with Crippen molar-refractivity contribution in [3.05, 3.63) is 35.9 Å². The van der Waals surface area contributed by atoms with E-state index in [0.717, 1.165) is 5.56 Å². The van der Waals surface area contributed by atoms with Crippen LogP contribution in [0.3, 0.4) is 0 Å². The van der Waals surface area contributed by atoms with Gasteiger partial charge in [-0.1, -0.05) is 37.3 Å². The average molecular weight is 375 g/mol. The summed E-state index contributed by atoms with van der Waals surface area (Å²) in [5.41, 5.74) is -2.44. The molecule has 1 unspecified atom stereocenters. The summed E-state index contributed by atoms with van der Waals surface area (Å²) in [6.07, 6.45) is 0.965. The highest BCUT2D eigenvalue weighted by atomic mass is 16.4. The molecule has 27 heavy (non-hydrogen) atoms. The number of nitrogens with zero attached hydrogens (tertiary/aromatic N) is 1. The molecule has 6 nitrogen and oxygen atoms in total. The second-order valence-electron chi connectivity index (χ2n) is 8.78. The molecule has 0 bridgehead atoms. The number of carboxylic acid groups (broad SMARTS) is 2. The molecule has 1 aromatic carbocycles. The molecule has 1 aliphatic carbocycles. The number of hydrogen-bond acceptors (Lipinski definition) is 3. The van der Waals surface area contributed by atoms with Gasteiger partial charge in [0.15, 0.2) is 0 Å². The van der Waals surface area contributed by atoms with Crippen LogP contribution in [0.15, 0.2) is 30.3 Å². The van der Waals surface area contributed by atoms with Gasteiger partial charge in [-0.05, 0) is 45.1 Å². The number of benzene rings is 1. The third-order valence-corrected chi connectivity index (χ3v) is 5.82. The Morgan fingerprint density at radius 1 is 0.889 bits per heavy atom. The Bertz CT molecular complexity index is 703. The summed E-state index contributed by atoms with van der Waals surface area (Å²) < 4.78 is 0. The predicted molar refractivity (Wildman–Crippen MR) is 101 cm³/mol. The lowest BCUT2D eigenvalue weighted by atomic mass is 9.54. The van der Waals surface area contributed by atoms with E-state index in [1.807, 2.05) is 30.3 Å². The minimum atomic E-state index is -1.25. The number of rotatable bonds is 6. The molecule has 0 aliphatic heterocycles. The van der Waals surface area contributed by atoms with Crippen molar-refractivity contribution < 1.29 is 24.6 Å². The van der Waals surface area contributed by atoms with E-state index in [0.29, 0.717) is 13.0 Å². The molecule has 1 fully saturated rings. The number of carboxylic acids is 2. The zero-order chi connectivity index (χ0) is 20.5. The van der Waals surface area contributed by atoms with E-state index in [1.54, 1.807) is 32.7 Å². The van der Waals surface area contributed by atoms with Crippen molar-refractivity contribution in [2.24, 2.45) is 16.2 Å². The summed E-state index contributed by atoms with van der Waals surface area (Å²) >= 11 is 0. The van der Waals surface area contributed by atoms with Crippen molar-refractivity contribution in [1.29, 1.82) is 0 Å². The number of likely N-dealkylation sites (N-methyl/N-ethyl adjacent to an activating group) is 1. The largest absolute Gasteiger partial charge is 0.481 e. The van der Waals surface area contributed by atoms with Crippen molar-refractivity contribution in [3.63, 3.8) is 0 Å². The summed E-state index contributed by atoms with van der Waals surface area (Å²) in [6, 6.07) is 9.79. The van der Waals surface area contributed by atoms with Gasteiger partial charge in [0.2, 0.25) is 5.91 Å². The van der Waals surface area contributed by atoms with Crippen LogP contribution in [0, 0.1) is 16.2 Å². The lowest BCUT2D eigenvalue weighted by Gasteiger charge is -2.49. The average Bonchev–Trinajstić information content (AvgIpc) is 2.58. The SMILES string of the molecule is CN(CCc1ccccc1)C(=O)C1(C)C[C@](C)(C(=O)O)C[C@](C)(C(=O)O)C1. The quantitative estimate of drug-likeness (QED) is 0.797. The van der Waals surface area contributed by atoms with Gasteiger partial charge >= 0.3 is 11.9 Å². The molecule has 0 aromatic heterocycles. The van der Waals surface area contributed by atoms with Crippen LogP contribution in [-0.4, -0.2) is 46.6 Å². The first-order valence-corrected chi connectivity index (χ1v) is 9.18. The number of aliphatic carboxylic acids is 2. The Morgan fingerprint density at radius 3 is 1.78 bits per heavy atom. The van der Waals surface area contributed by atoms with E-state index in [-0.39, 0.29) is 25.2 Å². The number of carbonyl (C=O) groups excluding carboxylic acids is 1. The van der Waals surface area contributed by atoms with Gasteiger partial charge < -0.3 is 15.1 Å². The Morgan fingerprint density at radius 2 is 1.33 bits per heavy atom. The summed E-state index contributed by atoms with van der Waals surface area (Å²) in [5.74, 6) is -2.31. The van der Waals surface area contributed by atoms with Crippen molar-refractivity contribution in [1.82, 2.24) is 4.90 Å². The highest BCUT2D eigenvalue weighted by Crippen LogP contribution is 2.55. The van der Waals surface area contributed by atoms with Crippen LogP contribution in [0.5, 0.6) is 0 Å². The fourth-order valence-corrected chi connectivity index (χ4v) is 4.73. The van der Waals surface area contributed by atoms with Crippen LogP contribution < -0.4 is 0 Å². The minimum absolute atomic E-state index is 0.0151. The van der Waals surface area contributed by atoms with Crippen LogP contribution >= 0.6 is 0 Å². The van der Waals surface area contributed by atoms with Crippen molar-refractivity contribution in [3.8, 4) is 0 Å². The van der Waals surface area contributed by atoms with E-state index in [1.165, 1.54) is 0 Å². The van der Waals surface area contributed by atoms with Crippen molar-refractivity contribution in [2.45, 2.75) is 46.5 Å². The Balaban J connectivity index is 2.23. The minimum Gasteiger partial charge on any atom is -0.481 e. The van der Waals surface area contributed by atoms with Gasteiger partial charge in [-0.3, -0.25) is 14.4 Å². The van der Waals surface area contributed by atoms with E-state index in [2.05, 4.69) is 0 Å². The summed E-state index contributed by atoms with van der Waals surface area (Å²) in [4.78, 5) is 38.5. The fourth-order valence-electron chi connectivity index (χ4n) is 4.73. The third-order valence-electron chi connectivity index (χ3n) is 5.82. The molecule has 3 atom stereocenters. The highest BCUT2D eigenvalue weighted by molar-refractivity contribution is 5.87. The number of hydrogen-bond donors (Lipinski definition) is 2. The fraction of sp³-hybridized carbons (Fsp3) is 0.571. The molecule has 0 spiro atoms. The highest BCUT2D eigenvalue weighted by Gasteiger charge is 2.58. The molecule has 0 heterocycles. The molecule has 1 aliphatic rings. The summed E-state index contributed by atoms with van der Waals surface area (Å²) in [7, 11) is 1.70. The van der Waals surface area contributed by atoms with Crippen LogP contribution in [-0.2, 0) is 20.8 Å². The molecule has 1 amide bonds. The smallest absolute Gasteiger partial charge is 0.309 e. The summed E-state index contributed by atoms with van der Waals surface area (Å²) in [5, 5.41) is 19.4. The molecule has 2 N–H and O–H groups in total. The molecule has 2 rings (SSSR count). The van der Waals surface area contributed by atoms with Gasteiger partial charge in [-0.2, -0.15) is 0 Å². The predicted octanol–water partition coefficient (Wildman–Crippen LogP) is 3.06. The second kappa shape index (κ2) is 7.33. The molecular weight excluding hydrogens is 346 g/mol. The first-order chi connectivity index (χ1) is 12.4. The molecule has 1 aromatic rings. The first kappa shape index (κ1) is 20.9. The van der Waals surface area contributed by atoms with Crippen LogP contribution in [0.1, 0.15) is 45.6 Å². The van der Waals surface area contributed by atoms with Gasteiger partial charge in [0.25, 0.3) is 0 Å². The zero-order valence-corrected chi connectivity index (χ0v) is 16.5. The molecule has 6 heteroatoms. The van der Waals surface area contributed by atoms with Crippen molar-refractivity contribution in [2.75, 3.05) is 13.6 Å². The van der Waals surface area contributed by atoms with Crippen LogP contribution in [0.25, 0.3) is 0 Å². The zero-order valence-electron chi connectivity index (χ0n) is 16.5. The first-order valence-electron chi connectivity index (χ1n) is 9.18. The Labute approximate surface area is 160 Å². The maximum atomic E-state index is 13.2. The van der Waals surface area contributed by atoms with E-state index in [4.69, 9.17) is 0 Å². The standard InChI is InChI=1S/C21H29NO5/c1-19(16(23)22(4)11-10-15-8-6-5-7-9-15)12-20(2,17(24)25)14-21(3,13-19)18(26)27/h5-9H,10-14H2,1-4H3,(H,24,25)(H,26,27)/t19?,20-,21+. The maximum Gasteiger partial charge on any atom is 0.309 e. The van der Waals surface area contributed by atoms with Gasteiger partial charge in [0, 0.05) is 19.0 Å². The van der Waals surface area contributed by atoms with E-state index >= 15 is 0 Å². The maximum absolute atomic E-state index is 13.2. The molecular formula is C21H29NO5. The van der Waals surface area contributed by atoms with Gasteiger partial charge in [0.1, 0.15) is 0 Å². The normalized spacial score (nSPS) is 30.5. The van der Waals surface area contributed by atoms with Crippen LogP contribution in [0.4, 0.5) is 0 Å². The lowest BCUT2D eigenvalue weighted by molar-refractivity contribution is -0.172. The topological polar surface area (TPSA) is 94.9 Å². The van der Waals surface area contributed by atoms with E-state index < -0.39 is 28.2 Å². The monoisotopic (exact) mass is 375 g/mol. The van der Waals surface area contributed by atoms with Gasteiger partial charge in [-0.15, -0.1) is 0 Å². The number of carbonyl (C=O) groups is 3. The Kier molecular flexibility index (Phi) is 5.68. The molecule has 0 saturated heterocycles. The number of amides is 1. The lowest BCUT2D eigenvalue weighted by Crippen LogP contribution is -2.54. The van der Waals surface area contributed by atoms with Crippen molar-refractivity contribution >= 4 is 17.8 Å².